The number of para-hydroxylation sites is 2. The Morgan fingerprint density at radius 1 is 0.595 bits per heavy atom. The minimum atomic E-state index is -1.82. The lowest BCUT2D eigenvalue weighted by atomic mass is 10.2. The average molecular weight is 584 g/mol. The summed E-state index contributed by atoms with van der Waals surface area (Å²) in [6.07, 6.45) is 2.77. The van der Waals surface area contributed by atoms with Gasteiger partial charge in [0, 0.05) is 45.8 Å². The number of imidazole rings is 1. The van der Waals surface area contributed by atoms with Gasteiger partial charge in [0.2, 0.25) is 0 Å². The van der Waals surface area contributed by atoms with Gasteiger partial charge in [-0.15, -0.1) is 0 Å². The molecule has 0 aliphatic carbocycles. The first-order valence-electron chi connectivity index (χ1n) is 13.7. The third-order valence-corrected chi connectivity index (χ3v) is 7.04. The van der Waals surface area contributed by atoms with E-state index in [1.165, 1.54) is 69.0 Å². The summed E-state index contributed by atoms with van der Waals surface area (Å²) in [6.45, 7) is 11.5. The molecular weight excluding hydrogens is 546 g/mol. The number of aromatic nitrogens is 2. The number of rotatable bonds is 7. The van der Waals surface area contributed by atoms with Crippen molar-refractivity contribution in [3.05, 3.63) is 66.0 Å². The van der Waals surface area contributed by atoms with Crippen molar-refractivity contribution in [2.75, 3.05) is 52.4 Å². The Morgan fingerprint density at radius 3 is 1.62 bits per heavy atom. The van der Waals surface area contributed by atoms with Gasteiger partial charge in [-0.05, 0) is 43.6 Å². The normalized spacial score (nSPS) is 15.7. The van der Waals surface area contributed by atoms with Gasteiger partial charge in [0.1, 0.15) is 5.82 Å². The van der Waals surface area contributed by atoms with Crippen LogP contribution in [-0.2, 0) is 32.3 Å². The highest BCUT2D eigenvalue weighted by atomic mass is 16.4. The maximum atomic E-state index is 9.10. The van der Waals surface area contributed by atoms with Crippen molar-refractivity contribution in [3.63, 3.8) is 0 Å². The van der Waals surface area contributed by atoms with Crippen molar-refractivity contribution in [1.82, 2.24) is 24.3 Å². The zero-order valence-corrected chi connectivity index (χ0v) is 23.3. The van der Waals surface area contributed by atoms with E-state index in [1.54, 1.807) is 0 Å². The summed E-state index contributed by atoms with van der Waals surface area (Å²) in [5.74, 6) is -6.11. The number of carbonyl (C=O) groups is 4. The smallest absolute Gasteiger partial charge is 0.414 e. The fraction of sp³-hybridized carbons (Fsp3) is 0.414. The number of fused-ring (bicyclic) bond motifs is 1. The summed E-state index contributed by atoms with van der Waals surface area (Å²) >= 11 is 0. The van der Waals surface area contributed by atoms with Gasteiger partial charge >= 0.3 is 23.9 Å². The molecule has 2 fully saturated rings. The van der Waals surface area contributed by atoms with Crippen molar-refractivity contribution in [3.8, 4) is 0 Å². The fourth-order valence-corrected chi connectivity index (χ4v) is 4.85. The highest BCUT2D eigenvalue weighted by Gasteiger charge is 2.21. The summed E-state index contributed by atoms with van der Waals surface area (Å²) in [5.41, 5.74) is 3.67. The first kappa shape index (κ1) is 32.2. The molecule has 2 aromatic carbocycles. The molecule has 5 rings (SSSR count). The van der Waals surface area contributed by atoms with E-state index in [0.29, 0.717) is 0 Å². The van der Waals surface area contributed by atoms with E-state index in [-0.39, 0.29) is 0 Å². The Morgan fingerprint density at radius 2 is 1.07 bits per heavy atom. The van der Waals surface area contributed by atoms with Crippen molar-refractivity contribution in [1.29, 1.82) is 0 Å². The van der Waals surface area contributed by atoms with Crippen molar-refractivity contribution in [2.45, 2.75) is 25.9 Å². The molecule has 2 aliphatic heterocycles. The van der Waals surface area contributed by atoms with Crippen molar-refractivity contribution < 1.29 is 39.6 Å². The van der Waals surface area contributed by atoms with Crippen LogP contribution in [0.15, 0.2) is 54.6 Å². The van der Waals surface area contributed by atoms with Crippen LogP contribution in [-0.4, -0.2) is 121 Å². The first-order valence-corrected chi connectivity index (χ1v) is 13.7. The number of nitrogens with zero attached hydrogens (tertiary/aromatic N) is 5. The molecule has 0 unspecified atom stereocenters. The van der Waals surface area contributed by atoms with Gasteiger partial charge in [0.15, 0.2) is 0 Å². The maximum absolute atomic E-state index is 9.10. The highest BCUT2D eigenvalue weighted by Crippen LogP contribution is 2.20. The fourth-order valence-electron chi connectivity index (χ4n) is 4.85. The lowest BCUT2D eigenvalue weighted by molar-refractivity contribution is -0.159. The summed E-state index contributed by atoms with van der Waals surface area (Å²) in [4.78, 5) is 49.3. The molecule has 0 saturated carbocycles. The highest BCUT2D eigenvalue weighted by molar-refractivity contribution is 6.27. The Balaban J connectivity index is 0.000000342. The summed E-state index contributed by atoms with van der Waals surface area (Å²) in [6, 6.07) is 19.3. The molecule has 0 bridgehead atoms. The number of hydrogen-bond donors (Lipinski definition) is 4. The topological polar surface area (TPSA) is 177 Å². The van der Waals surface area contributed by atoms with Crippen LogP contribution in [0.3, 0.4) is 0 Å². The van der Waals surface area contributed by atoms with Crippen LogP contribution in [0.5, 0.6) is 0 Å². The van der Waals surface area contributed by atoms with Crippen LogP contribution in [0, 0.1) is 0 Å². The Kier molecular flexibility index (Phi) is 12.4. The van der Waals surface area contributed by atoms with E-state index in [0.717, 1.165) is 31.7 Å². The zero-order chi connectivity index (χ0) is 30.5. The van der Waals surface area contributed by atoms with Gasteiger partial charge in [-0.2, -0.15) is 0 Å². The third-order valence-electron chi connectivity index (χ3n) is 7.04. The van der Waals surface area contributed by atoms with Crippen LogP contribution in [0.25, 0.3) is 11.0 Å². The van der Waals surface area contributed by atoms with Gasteiger partial charge in [0.25, 0.3) is 0 Å². The minimum absolute atomic E-state index is 0.881. The van der Waals surface area contributed by atoms with Crippen LogP contribution >= 0.6 is 0 Å². The molecular formula is C29H37N5O8. The van der Waals surface area contributed by atoms with Crippen molar-refractivity contribution >= 4 is 34.9 Å². The predicted molar refractivity (Wildman–Crippen MR) is 153 cm³/mol. The quantitative estimate of drug-likeness (QED) is 0.296. The maximum Gasteiger partial charge on any atom is 0.414 e. The summed E-state index contributed by atoms with van der Waals surface area (Å²) in [5, 5.41) is 29.6. The predicted octanol–water partition coefficient (Wildman–Crippen LogP) is 1.61. The second-order valence-electron chi connectivity index (χ2n) is 9.98. The molecule has 4 N–H and O–H groups in total. The SMILES string of the molecule is O=C(O)C(=O)O.O=C(O)C(=O)O.c1ccc(Cn2c(CN3CCN(CCN4CCCC4)CC3)nc3ccccc32)cc1. The molecule has 0 radical (unpaired) electrons. The van der Waals surface area contributed by atoms with E-state index < -0.39 is 23.9 Å². The number of carboxylic acids is 4. The standard InChI is InChI=1S/C25H33N5.2C2H2O4/c1-2-8-22(9-3-1)20-30-24-11-5-4-10-23(24)26-25(30)21-29-18-16-28(17-19-29)15-14-27-12-6-7-13-27;2*3-1(4)2(5)6/h1-5,8-11H,6-7,12-21H2;2*(H,3,4)(H,5,6). The second-order valence-corrected chi connectivity index (χ2v) is 9.98. The van der Waals surface area contributed by atoms with E-state index in [2.05, 4.69) is 73.9 Å². The number of likely N-dealkylation sites (tertiary alicyclic amines) is 1. The minimum Gasteiger partial charge on any atom is -0.473 e. The van der Waals surface area contributed by atoms with E-state index in [4.69, 9.17) is 44.6 Å². The third kappa shape index (κ3) is 10.3. The molecule has 3 heterocycles. The van der Waals surface area contributed by atoms with Crippen molar-refractivity contribution in [2.24, 2.45) is 0 Å². The van der Waals surface area contributed by atoms with Gasteiger partial charge in [0.05, 0.1) is 17.6 Å². The summed E-state index contributed by atoms with van der Waals surface area (Å²) < 4.78 is 2.41. The van der Waals surface area contributed by atoms with E-state index in [9.17, 15) is 0 Å². The van der Waals surface area contributed by atoms with Crippen LogP contribution < -0.4 is 0 Å². The van der Waals surface area contributed by atoms with E-state index in [1.807, 2.05) is 0 Å². The molecule has 0 atom stereocenters. The Bertz CT molecular complexity index is 1280. The van der Waals surface area contributed by atoms with Gasteiger partial charge < -0.3 is 29.9 Å². The Hall–Kier alpha value is -4.33. The number of aliphatic carboxylic acids is 4. The molecule has 42 heavy (non-hydrogen) atoms. The van der Waals surface area contributed by atoms with Gasteiger partial charge in [-0.3, -0.25) is 9.80 Å². The van der Waals surface area contributed by atoms with Gasteiger partial charge in [-0.1, -0.05) is 42.5 Å². The largest absolute Gasteiger partial charge is 0.473 e. The zero-order valence-electron chi connectivity index (χ0n) is 23.3. The molecule has 226 valence electrons. The van der Waals surface area contributed by atoms with Crippen LogP contribution in [0.2, 0.25) is 0 Å². The molecule has 2 saturated heterocycles. The van der Waals surface area contributed by atoms with Crippen LogP contribution in [0.4, 0.5) is 0 Å². The molecule has 0 amide bonds. The number of piperazine rings is 1. The van der Waals surface area contributed by atoms with Crippen LogP contribution in [0.1, 0.15) is 24.2 Å². The summed E-state index contributed by atoms with van der Waals surface area (Å²) in [7, 11) is 0. The molecule has 13 nitrogen and oxygen atoms in total. The van der Waals surface area contributed by atoms with Gasteiger partial charge in [-0.25, -0.2) is 24.2 Å². The molecule has 3 aromatic rings. The number of hydrogen-bond acceptors (Lipinski definition) is 8. The Labute approximate surface area is 243 Å². The monoisotopic (exact) mass is 583 g/mol. The second kappa shape index (κ2) is 16.2. The molecule has 0 spiro atoms. The molecule has 2 aliphatic rings. The first-order chi connectivity index (χ1) is 20.1. The number of benzene rings is 2. The molecule has 1 aromatic heterocycles. The number of carboxylic acid groups (broad SMARTS) is 4. The van der Waals surface area contributed by atoms with E-state index >= 15 is 0 Å². The lowest BCUT2D eigenvalue weighted by Gasteiger charge is -2.35. The lowest BCUT2D eigenvalue weighted by Crippen LogP contribution is -2.48. The average Bonchev–Trinajstić information content (AvgIpc) is 3.62. The molecule has 13 heteroatoms.